The molecule has 21 heavy (non-hydrogen) atoms. The first-order valence-corrected chi connectivity index (χ1v) is 8.88. The third-order valence-electron chi connectivity index (χ3n) is 3.74. The van der Waals surface area contributed by atoms with Gasteiger partial charge in [-0.15, -0.1) is 0 Å². The van der Waals surface area contributed by atoms with Crippen LogP contribution < -0.4 is 5.19 Å². The molecule has 0 N–H and O–H groups in total. The van der Waals surface area contributed by atoms with Crippen molar-refractivity contribution in [2.75, 3.05) is 20.2 Å². The Morgan fingerprint density at radius 2 is 1.38 bits per heavy atom. The lowest BCUT2D eigenvalue weighted by Gasteiger charge is -2.26. The molecule has 2 aromatic rings. The molecule has 0 spiro atoms. The van der Waals surface area contributed by atoms with E-state index >= 15 is 0 Å². The van der Waals surface area contributed by atoms with Crippen LogP contribution in [0.15, 0.2) is 48.5 Å². The fourth-order valence-corrected chi connectivity index (χ4v) is 4.71. The van der Waals surface area contributed by atoms with Crippen LogP contribution in [-0.4, -0.2) is 34.0 Å². The zero-order valence-electron chi connectivity index (χ0n) is 12.8. The molecule has 0 radical (unpaired) electrons. The number of hydrogen-bond donors (Lipinski definition) is 0. The molecule has 2 rings (SSSR count). The van der Waals surface area contributed by atoms with Crippen LogP contribution in [0.1, 0.15) is 13.8 Å². The van der Waals surface area contributed by atoms with E-state index in [4.69, 9.17) is 4.43 Å². The lowest BCUT2D eigenvalue weighted by molar-refractivity contribution is 0.339. The largest absolute Gasteiger partial charge is 0.405 e. The Hall–Kier alpha value is -1.49. The highest BCUT2D eigenvalue weighted by Crippen LogP contribution is 2.18. The average Bonchev–Trinajstić information content (AvgIpc) is 2.53. The van der Waals surface area contributed by atoms with Crippen molar-refractivity contribution >= 4 is 14.4 Å². The van der Waals surface area contributed by atoms with Crippen molar-refractivity contribution in [3.63, 3.8) is 0 Å². The van der Waals surface area contributed by atoms with E-state index in [1.807, 2.05) is 0 Å². The number of rotatable bonds is 6. The lowest BCUT2D eigenvalue weighted by Crippen LogP contribution is -2.49. The van der Waals surface area contributed by atoms with Crippen molar-refractivity contribution in [2.45, 2.75) is 13.8 Å². The maximum absolute atomic E-state index is 13.0. The summed E-state index contributed by atoms with van der Waals surface area (Å²) in [6.07, 6.45) is 0. The Morgan fingerprint density at radius 1 is 0.905 bits per heavy atom. The van der Waals surface area contributed by atoms with Crippen molar-refractivity contribution in [3.8, 4) is 11.1 Å². The van der Waals surface area contributed by atoms with Gasteiger partial charge in [-0.1, -0.05) is 50.2 Å². The Balaban J connectivity index is 2.23. The second-order valence-electron chi connectivity index (χ2n) is 4.94. The monoisotopic (exact) mass is 303 g/mol. The molecule has 1 atom stereocenters. The molecule has 0 heterocycles. The summed E-state index contributed by atoms with van der Waals surface area (Å²) >= 11 is 0. The van der Waals surface area contributed by atoms with Crippen molar-refractivity contribution < 1.29 is 8.82 Å². The first kappa shape index (κ1) is 15.9. The van der Waals surface area contributed by atoms with Gasteiger partial charge >= 0.3 is 0 Å². The fourth-order valence-electron chi connectivity index (χ4n) is 2.53. The molecule has 0 aliphatic rings. The van der Waals surface area contributed by atoms with Crippen LogP contribution in [0.2, 0.25) is 0 Å². The predicted octanol–water partition coefficient (Wildman–Crippen LogP) is 2.91. The lowest BCUT2D eigenvalue weighted by atomic mass is 10.1. The minimum atomic E-state index is -1.54. The van der Waals surface area contributed by atoms with Crippen molar-refractivity contribution in [3.05, 3.63) is 54.3 Å². The normalized spacial score (nSPS) is 12.6. The Morgan fingerprint density at radius 3 is 1.81 bits per heavy atom. The van der Waals surface area contributed by atoms with Crippen LogP contribution >= 0.6 is 0 Å². The van der Waals surface area contributed by atoms with Gasteiger partial charge in [-0.3, -0.25) is 0 Å². The van der Waals surface area contributed by atoms with Gasteiger partial charge in [-0.25, -0.2) is 4.39 Å². The van der Waals surface area contributed by atoms with E-state index in [1.54, 1.807) is 19.2 Å². The maximum atomic E-state index is 13.0. The summed E-state index contributed by atoms with van der Waals surface area (Å²) < 4.78 is 21.1. The Bertz CT molecular complexity index is 552. The molecule has 0 aliphatic heterocycles. The summed E-state index contributed by atoms with van der Waals surface area (Å²) in [5.74, 6) is -0.205. The molecule has 0 bridgehead atoms. The summed E-state index contributed by atoms with van der Waals surface area (Å²) in [6, 6.07) is 15.0. The predicted molar refractivity (Wildman–Crippen MR) is 88.5 cm³/mol. The highest BCUT2D eigenvalue weighted by Gasteiger charge is 2.20. The summed E-state index contributed by atoms with van der Waals surface area (Å²) in [7, 11) is 0.259. The quantitative estimate of drug-likeness (QED) is 0.761. The van der Waals surface area contributed by atoms with Crippen molar-refractivity contribution in [1.82, 2.24) is 4.57 Å². The van der Waals surface area contributed by atoms with Crippen LogP contribution in [0.25, 0.3) is 11.1 Å². The Kier molecular flexibility index (Phi) is 5.67. The molecule has 0 aliphatic carbocycles. The molecule has 0 fully saturated rings. The van der Waals surface area contributed by atoms with Crippen molar-refractivity contribution in [2.24, 2.45) is 0 Å². The molecule has 0 saturated carbocycles. The van der Waals surface area contributed by atoms with Gasteiger partial charge in [0.05, 0.1) is 0 Å². The molecule has 1 unspecified atom stereocenters. The average molecular weight is 303 g/mol. The van der Waals surface area contributed by atoms with E-state index in [9.17, 15) is 4.39 Å². The third kappa shape index (κ3) is 3.78. The zero-order chi connectivity index (χ0) is 15.2. The van der Waals surface area contributed by atoms with Crippen LogP contribution in [0.5, 0.6) is 0 Å². The van der Waals surface area contributed by atoms with E-state index in [1.165, 1.54) is 17.3 Å². The molecular formula is C17H22FNOSi. The first-order chi connectivity index (χ1) is 10.2. The second kappa shape index (κ2) is 7.50. The van der Waals surface area contributed by atoms with Gasteiger partial charge in [-0.2, -0.15) is 0 Å². The smallest absolute Gasteiger partial charge is 0.287 e. The van der Waals surface area contributed by atoms with Crippen LogP contribution in [0.3, 0.4) is 0 Å². The standard InChI is InChI=1S/C17H22FNOSi/c1-4-19(5-2)21(20-3)17-12-8-15(9-13-17)14-6-10-16(18)11-7-14/h6-13,21H,4-5H2,1-3H3. The number of halogens is 1. The summed E-state index contributed by atoms with van der Waals surface area (Å²) in [4.78, 5) is 0. The minimum absolute atomic E-state index is 0.205. The second-order valence-corrected chi connectivity index (χ2v) is 7.51. The van der Waals surface area contributed by atoms with Gasteiger partial charge in [0, 0.05) is 7.11 Å². The molecule has 112 valence electrons. The van der Waals surface area contributed by atoms with E-state index < -0.39 is 9.20 Å². The molecule has 0 saturated heterocycles. The molecular weight excluding hydrogens is 281 g/mol. The van der Waals surface area contributed by atoms with Gasteiger partial charge < -0.3 is 8.99 Å². The molecule has 4 heteroatoms. The molecule has 0 amide bonds. The highest BCUT2D eigenvalue weighted by molar-refractivity contribution is 6.64. The Labute approximate surface area is 128 Å². The van der Waals surface area contributed by atoms with Gasteiger partial charge in [0.2, 0.25) is 0 Å². The molecule has 2 aromatic carbocycles. The SMILES string of the molecule is CCN(CC)[SiH](OC)c1ccc(-c2ccc(F)cc2)cc1. The van der Waals surface area contributed by atoms with Crippen molar-refractivity contribution in [1.29, 1.82) is 0 Å². The maximum Gasteiger partial charge on any atom is 0.287 e. The van der Waals surface area contributed by atoms with Gasteiger partial charge in [-0.05, 0) is 41.5 Å². The van der Waals surface area contributed by atoms with Gasteiger partial charge in [0.1, 0.15) is 5.82 Å². The van der Waals surface area contributed by atoms with E-state index in [0.717, 1.165) is 24.2 Å². The summed E-state index contributed by atoms with van der Waals surface area (Å²) in [5.41, 5.74) is 2.13. The van der Waals surface area contributed by atoms with Crippen LogP contribution in [-0.2, 0) is 4.43 Å². The van der Waals surface area contributed by atoms with Crippen LogP contribution in [0, 0.1) is 5.82 Å². The van der Waals surface area contributed by atoms with E-state index in [-0.39, 0.29) is 5.82 Å². The minimum Gasteiger partial charge on any atom is -0.405 e. The first-order valence-electron chi connectivity index (χ1n) is 7.32. The topological polar surface area (TPSA) is 12.5 Å². The summed E-state index contributed by atoms with van der Waals surface area (Å²) in [6.45, 7) is 6.33. The summed E-state index contributed by atoms with van der Waals surface area (Å²) in [5, 5.41) is 1.27. The fraction of sp³-hybridized carbons (Fsp3) is 0.294. The molecule has 0 aromatic heterocycles. The number of nitrogens with zero attached hydrogens (tertiary/aromatic N) is 1. The van der Waals surface area contributed by atoms with E-state index in [0.29, 0.717) is 0 Å². The van der Waals surface area contributed by atoms with Gasteiger partial charge in [0.25, 0.3) is 9.20 Å². The number of benzene rings is 2. The zero-order valence-corrected chi connectivity index (χ0v) is 14.0. The molecule has 2 nitrogen and oxygen atoms in total. The van der Waals surface area contributed by atoms with E-state index in [2.05, 4.69) is 42.7 Å². The number of hydrogen-bond acceptors (Lipinski definition) is 2. The van der Waals surface area contributed by atoms with Gasteiger partial charge in [0.15, 0.2) is 0 Å². The highest BCUT2D eigenvalue weighted by atomic mass is 28.3. The third-order valence-corrected chi connectivity index (χ3v) is 6.54. The van der Waals surface area contributed by atoms with Crippen LogP contribution in [0.4, 0.5) is 4.39 Å².